The SMILES string of the molecule is Cc1sc(C(=O)NN)cc1CN(CC(C)C)CC(C)C. The van der Waals surface area contributed by atoms with E-state index in [2.05, 4.69) is 44.9 Å². The van der Waals surface area contributed by atoms with Crippen LogP contribution in [-0.4, -0.2) is 23.9 Å². The maximum absolute atomic E-state index is 11.6. The van der Waals surface area contributed by atoms with Crippen LogP contribution in [-0.2, 0) is 6.54 Å². The fourth-order valence-electron chi connectivity index (χ4n) is 2.34. The fourth-order valence-corrected chi connectivity index (χ4v) is 3.27. The molecule has 0 radical (unpaired) electrons. The van der Waals surface area contributed by atoms with Gasteiger partial charge in [0.15, 0.2) is 0 Å². The van der Waals surface area contributed by atoms with Crippen molar-refractivity contribution in [3.8, 4) is 0 Å². The van der Waals surface area contributed by atoms with Crippen LogP contribution in [0.25, 0.3) is 0 Å². The molecule has 1 heterocycles. The Kier molecular flexibility index (Phi) is 6.65. The summed E-state index contributed by atoms with van der Waals surface area (Å²) < 4.78 is 0. The highest BCUT2D eigenvalue weighted by Crippen LogP contribution is 2.23. The Morgan fingerprint density at radius 1 is 1.30 bits per heavy atom. The first-order valence-corrected chi connectivity index (χ1v) is 7.97. The van der Waals surface area contributed by atoms with E-state index >= 15 is 0 Å². The van der Waals surface area contributed by atoms with E-state index in [1.54, 1.807) is 0 Å². The van der Waals surface area contributed by atoms with Gasteiger partial charge in [-0.05, 0) is 30.4 Å². The molecule has 0 aromatic carbocycles. The second-order valence-corrected chi connectivity index (χ2v) is 7.40. The van der Waals surface area contributed by atoms with Crippen LogP contribution in [0.15, 0.2) is 6.07 Å². The van der Waals surface area contributed by atoms with Gasteiger partial charge in [-0.1, -0.05) is 27.7 Å². The molecule has 20 heavy (non-hydrogen) atoms. The summed E-state index contributed by atoms with van der Waals surface area (Å²) in [7, 11) is 0. The lowest BCUT2D eigenvalue weighted by molar-refractivity contribution is 0.0957. The Hall–Kier alpha value is -0.910. The van der Waals surface area contributed by atoms with Crippen LogP contribution >= 0.6 is 11.3 Å². The number of carbonyl (C=O) groups excluding carboxylic acids is 1. The number of nitrogens with zero attached hydrogens (tertiary/aromatic N) is 1. The predicted octanol–water partition coefficient (Wildman–Crippen LogP) is 2.77. The van der Waals surface area contributed by atoms with E-state index in [1.807, 2.05) is 6.07 Å². The molecule has 0 bridgehead atoms. The zero-order valence-corrected chi connectivity index (χ0v) is 14.0. The average molecular weight is 297 g/mol. The lowest BCUT2D eigenvalue weighted by Crippen LogP contribution is -2.31. The molecular weight excluding hydrogens is 270 g/mol. The van der Waals surface area contributed by atoms with Gasteiger partial charge in [0, 0.05) is 24.5 Å². The first-order valence-electron chi connectivity index (χ1n) is 7.16. The molecular formula is C15H27N3OS. The molecule has 0 aliphatic rings. The summed E-state index contributed by atoms with van der Waals surface area (Å²) in [4.78, 5) is 15.9. The Morgan fingerprint density at radius 2 is 1.85 bits per heavy atom. The molecule has 0 aliphatic carbocycles. The summed E-state index contributed by atoms with van der Waals surface area (Å²) in [5, 5.41) is 0. The molecule has 0 atom stereocenters. The number of hydrazine groups is 1. The van der Waals surface area contributed by atoms with Gasteiger partial charge in [0.25, 0.3) is 5.91 Å². The maximum atomic E-state index is 11.6. The van der Waals surface area contributed by atoms with Crippen molar-refractivity contribution in [1.82, 2.24) is 10.3 Å². The van der Waals surface area contributed by atoms with E-state index in [4.69, 9.17) is 5.84 Å². The molecule has 3 N–H and O–H groups in total. The van der Waals surface area contributed by atoms with E-state index in [0.717, 1.165) is 19.6 Å². The third kappa shape index (κ3) is 5.23. The van der Waals surface area contributed by atoms with Crippen LogP contribution in [0.2, 0.25) is 0 Å². The van der Waals surface area contributed by atoms with Crippen molar-refractivity contribution in [2.75, 3.05) is 13.1 Å². The van der Waals surface area contributed by atoms with Crippen LogP contribution in [0.3, 0.4) is 0 Å². The highest BCUT2D eigenvalue weighted by molar-refractivity contribution is 7.14. The number of rotatable bonds is 7. The lowest BCUT2D eigenvalue weighted by atomic mass is 10.1. The van der Waals surface area contributed by atoms with Crippen LogP contribution in [0.1, 0.15) is 47.8 Å². The number of amides is 1. The maximum Gasteiger partial charge on any atom is 0.275 e. The first-order chi connectivity index (χ1) is 9.33. The van der Waals surface area contributed by atoms with Gasteiger partial charge in [0.05, 0.1) is 4.88 Å². The molecule has 0 spiro atoms. The van der Waals surface area contributed by atoms with Gasteiger partial charge in [-0.15, -0.1) is 11.3 Å². The standard InChI is InChI=1S/C15H27N3OS/c1-10(2)7-18(8-11(3)4)9-13-6-14(15(19)17-16)20-12(13)5/h6,10-11H,7-9,16H2,1-5H3,(H,17,19). The number of thiophene rings is 1. The van der Waals surface area contributed by atoms with Crippen molar-refractivity contribution in [2.45, 2.75) is 41.2 Å². The molecule has 0 saturated carbocycles. The van der Waals surface area contributed by atoms with Crippen LogP contribution in [0, 0.1) is 18.8 Å². The largest absolute Gasteiger partial charge is 0.299 e. The number of nitrogens with one attached hydrogen (secondary N) is 1. The van der Waals surface area contributed by atoms with Crippen molar-refractivity contribution < 1.29 is 4.79 Å². The van der Waals surface area contributed by atoms with E-state index in [-0.39, 0.29) is 5.91 Å². The van der Waals surface area contributed by atoms with Gasteiger partial charge in [-0.2, -0.15) is 0 Å². The zero-order chi connectivity index (χ0) is 15.3. The summed E-state index contributed by atoms with van der Waals surface area (Å²) in [6.45, 7) is 14.1. The Morgan fingerprint density at radius 3 is 2.30 bits per heavy atom. The zero-order valence-electron chi connectivity index (χ0n) is 13.2. The van der Waals surface area contributed by atoms with Crippen molar-refractivity contribution in [3.05, 3.63) is 21.4 Å². The van der Waals surface area contributed by atoms with Crippen LogP contribution < -0.4 is 11.3 Å². The van der Waals surface area contributed by atoms with Crippen molar-refractivity contribution in [1.29, 1.82) is 0 Å². The molecule has 5 heteroatoms. The molecule has 1 rings (SSSR count). The quantitative estimate of drug-likeness (QED) is 0.462. The minimum Gasteiger partial charge on any atom is -0.299 e. The molecule has 0 unspecified atom stereocenters. The second-order valence-electron chi connectivity index (χ2n) is 6.15. The minimum absolute atomic E-state index is 0.205. The number of nitrogens with two attached hydrogens (primary N) is 1. The Balaban J connectivity index is 2.81. The van der Waals surface area contributed by atoms with Crippen molar-refractivity contribution >= 4 is 17.2 Å². The lowest BCUT2D eigenvalue weighted by Gasteiger charge is -2.26. The smallest absolute Gasteiger partial charge is 0.275 e. The summed E-state index contributed by atoms with van der Waals surface area (Å²) >= 11 is 1.51. The van der Waals surface area contributed by atoms with Gasteiger partial charge in [-0.3, -0.25) is 15.1 Å². The van der Waals surface area contributed by atoms with E-state index in [0.29, 0.717) is 16.7 Å². The molecule has 4 nitrogen and oxygen atoms in total. The monoisotopic (exact) mass is 297 g/mol. The Bertz CT molecular complexity index is 430. The molecule has 1 aromatic heterocycles. The summed E-state index contributed by atoms with van der Waals surface area (Å²) in [6.07, 6.45) is 0. The van der Waals surface area contributed by atoms with Crippen LogP contribution in [0.5, 0.6) is 0 Å². The van der Waals surface area contributed by atoms with Crippen molar-refractivity contribution in [3.63, 3.8) is 0 Å². The summed E-state index contributed by atoms with van der Waals surface area (Å²) in [5.41, 5.74) is 3.43. The number of aryl methyl sites for hydroxylation is 1. The van der Waals surface area contributed by atoms with E-state index in [9.17, 15) is 4.79 Å². The topological polar surface area (TPSA) is 58.4 Å². The third-order valence-electron chi connectivity index (χ3n) is 3.02. The number of nitrogen functional groups attached to an aromatic ring is 1. The van der Waals surface area contributed by atoms with Gasteiger partial charge in [0.2, 0.25) is 0 Å². The van der Waals surface area contributed by atoms with Crippen LogP contribution in [0.4, 0.5) is 0 Å². The predicted molar refractivity (Wildman–Crippen MR) is 85.7 cm³/mol. The summed E-state index contributed by atoms with van der Waals surface area (Å²) in [6, 6.07) is 1.97. The van der Waals surface area contributed by atoms with Gasteiger partial charge < -0.3 is 0 Å². The summed E-state index contributed by atoms with van der Waals surface area (Å²) in [5.74, 6) is 6.27. The fraction of sp³-hybridized carbons (Fsp3) is 0.667. The van der Waals surface area contributed by atoms with Gasteiger partial charge in [0.1, 0.15) is 0 Å². The molecule has 0 saturated heterocycles. The molecule has 114 valence electrons. The van der Waals surface area contributed by atoms with E-state index < -0.39 is 0 Å². The van der Waals surface area contributed by atoms with Gasteiger partial charge >= 0.3 is 0 Å². The molecule has 1 amide bonds. The van der Waals surface area contributed by atoms with E-state index in [1.165, 1.54) is 21.8 Å². The third-order valence-corrected chi connectivity index (χ3v) is 4.11. The molecule has 0 aliphatic heterocycles. The average Bonchev–Trinajstić information content (AvgIpc) is 2.68. The minimum atomic E-state index is -0.205. The number of carbonyl (C=O) groups is 1. The number of hydrogen-bond donors (Lipinski definition) is 2. The normalized spacial score (nSPS) is 11.7. The second kappa shape index (κ2) is 7.76. The number of hydrogen-bond acceptors (Lipinski definition) is 4. The molecule has 0 fully saturated rings. The molecule has 1 aromatic rings. The van der Waals surface area contributed by atoms with Crippen molar-refractivity contribution in [2.24, 2.45) is 17.7 Å². The Labute approximate surface area is 126 Å². The van der Waals surface area contributed by atoms with Gasteiger partial charge in [-0.25, -0.2) is 5.84 Å². The highest BCUT2D eigenvalue weighted by Gasteiger charge is 2.15. The first kappa shape index (κ1) is 17.1. The highest BCUT2D eigenvalue weighted by atomic mass is 32.1.